The molecule has 0 atom stereocenters. The number of para-hydroxylation sites is 1. The first-order valence-corrected chi connectivity index (χ1v) is 9.77. The van der Waals surface area contributed by atoms with Gasteiger partial charge in [-0.1, -0.05) is 23.7 Å². The summed E-state index contributed by atoms with van der Waals surface area (Å²) in [6, 6.07) is 12.9. The Morgan fingerprint density at radius 1 is 1.24 bits per heavy atom. The Labute approximate surface area is 177 Å². The van der Waals surface area contributed by atoms with Crippen molar-refractivity contribution < 1.29 is 4.74 Å². The fourth-order valence-corrected chi connectivity index (χ4v) is 3.95. The highest BCUT2D eigenvalue weighted by Gasteiger charge is 2.15. The van der Waals surface area contributed by atoms with Gasteiger partial charge in [0.15, 0.2) is 0 Å². The van der Waals surface area contributed by atoms with Gasteiger partial charge in [-0.25, -0.2) is 4.68 Å². The molecular weight excluding hydrogens is 410 g/mol. The van der Waals surface area contributed by atoms with E-state index in [4.69, 9.17) is 28.6 Å². The van der Waals surface area contributed by atoms with Crippen LogP contribution in [0.5, 0.6) is 5.75 Å². The van der Waals surface area contributed by atoms with Crippen molar-refractivity contribution in [3.63, 3.8) is 0 Å². The minimum atomic E-state index is -0.0998. The molecule has 0 fully saturated rings. The van der Waals surface area contributed by atoms with Crippen LogP contribution in [0.25, 0.3) is 16.7 Å². The Bertz CT molecular complexity index is 1340. The third kappa shape index (κ3) is 3.43. The summed E-state index contributed by atoms with van der Waals surface area (Å²) in [5.74, 6) is 1.28. The molecule has 150 valence electrons. The molecule has 0 radical (unpaired) electrons. The smallest absolute Gasteiger partial charge is 0.262 e. The number of hydrogen-bond acceptors (Lipinski definition) is 5. The molecule has 29 heavy (non-hydrogen) atoms. The molecule has 0 aliphatic rings. The summed E-state index contributed by atoms with van der Waals surface area (Å²) in [6.45, 7) is 1.04. The molecule has 7 nitrogen and oxygen atoms in total. The maximum absolute atomic E-state index is 12.7. The second-order valence-corrected chi connectivity index (χ2v) is 7.71. The maximum atomic E-state index is 12.7. The van der Waals surface area contributed by atoms with E-state index in [0.717, 1.165) is 16.8 Å². The molecule has 0 aliphatic carbocycles. The monoisotopic (exact) mass is 429 g/mol. The van der Waals surface area contributed by atoms with Gasteiger partial charge in [-0.2, -0.15) is 0 Å². The number of fused-ring (bicyclic) bond motifs is 3. The van der Waals surface area contributed by atoms with Gasteiger partial charge in [0.05, 0.1) is 24.7 Å². The van der Waals surface area contributed by atoms with Gasteiger partial charge >= 0.3 is 0 Å². The Kier molecular flexibility index (Phi) is 5.16. The summed E-state index contributed by atoms with van der Waals surface area (Å²) >= 11 is 11.8. The highest BCUT2D eigenvalue weighted by atomic mass is 35.5. The third-order valence-electron chi connectivity index (χ3n) is 4.86. The van der Waals surface area contributed by atoms with Crippen molar-refractivity contribution in [2.75, 3.05) is 14.2 Å². The second-order valence-electron chi connectivity index (χ2n) is 6.91. The summed E-state index contributed by atoms with van der Waals surface area (Å²) in [4.78, 5) is 14.7. The molecule has 4 aromatic rings. The number of aryl methyl sites for hydroxylation is 1. The molecule has 2 aromatic carbocycles. The van der Waals surface area contributed by atoms with Crippen LogP contribution < -0.4 is 10.3 Å². The normalized spacial score (nSPS) is 11.6. The highest BCUT2D eigenvalue weighted by Crippen LogP contribution is 2.24. The number of aromatic nitrogens is 4. The van der Waals surface area contributed by atoms with Crippen LogP contribution in [-0.4, -0.2) is 37.8 Å². The fourth-order valence-electron chi connectivity index (χ4n) is 3.48. The van der Waals surface area contributed by atoms with E-state index >= 15 is 0 Å². The van der Waals surface area contributed by atoms with Gasteiger partial charge in [-0.3, -0.25) is 18.7 Å². The lowest BCUT2D eigenvalue weighted by atomic mass is 10.2. The van der Waals surface area contributed by atoms with Gasteiger partial charge in [0.2, 0.25) is 10.5 Å². The highest BCUT2D eigenvalue weighted by molar-refractivity contribution is 7.71. The number of rotatable bonds is 5. The first kappa shape index (κ1) is 19.6. The van der Waals surface area contributed by atoms with E-state index in [9.17, 15) is 4.79 Å². The fraction of sp³-hybridized carbons (Fsp3) is 0.250. The molecule has 0 unspecified atom stereocenters. The number of halogens is 1. The molecule has 0 saturated carbocycles. The summed E-state index contributed by atoms with van der Waals surface area (Å²) in [5.41, 5.74) is 1.62. The molecule has 0 amide bonds. The molecule has 0 spiro atoms. The van der Waals surface area contributed by atoms with Gasteiger partial charge in [0, 0.05) is 24.2 Å². The lowest BCUT2D eigenvalue weighted by Gasteiger charge is -2.18. The van der Waals surface area contributed by atoms with Crippen molar-refractivity contribution in [3.8, 4) is 5.75 Å². The lowest BCUT2D eigenvalue weighted by Crippen LogP contribution is -2.23. The minimum Gasteiger partial charge on any atom is -0.496 e. The molecule has 0 bridgehead atoms. The lowest BCUT2D eigenvalue weighted by molar-refractivity contribution is 0.241. The zero-order chi connectivity index (χ0) is 20.7. The summed E-state index contributed by atoms with van der Waals surface area (Å²) in [5, 5.41) is 5.86. The minimum absolute atomic E-state index is 0.0998. The van der Waals surface area contributed by atoms with Crippen LogP contribution in [0.2, 0.25) is 5.02 Å². The van der Waals surface area contributed by atoms with Crippen molar-refractivity contribution in [2.45, 2.75) is 13.2 Å². The van der Waals surface area contributed by atoms with E-state index in [1.54, 1.807) is 31.0 Å². The van der Waals surface area contributed by atoms with Gasteiger partial charge in [0.1, 0.15) is 5.75 Å². The molecule has 9 heteroatoms. The van der Waals surface area contributed by atoms with Gasteiger partial charge in [-0.05, 0) is 49.6 Å². The molecule has 2 heterocycles. The van der Waals surface area contributed by atoms with Crippen molar-refractivity contribution in [3.05, 3.63) is 68.2 Å². The van der Waals surface area contributed by atoms with E-state index in [-0.39, 0.29) is 5.56 Å². The number of hydrogen-bond donors (Lipinski definition) is 0. The van der Waals surface area contributed by atoms with Crippen LogP contribution in [0, 0.1) is 4.77 Å². The number of ether oxygens (including phenoxy) is 1. The van der Waals surface area contributed by atoms with Crippen molar-refractivity contribution in [2.24, 2.45) is 7.05 Å². The van der Waals surface area contributed by atoms with E-state index in [2.05, 4.69) is 10.00 Å². The standard InChI is InChI=1S/C20H20ClN5O2S/c1-23(11-13-10-14(21)8-9-17(13)28-3)12-25-20(29)26-16-7-5-4-6-15(16)18(27)24(2)19(26)22-25/h4-10H,11-12H2,1-3H3. The van der Waals surface area contributed by atoms with Gasteiger partial charge in [0.25, 0.3) is 5.56 Å². The average Bonchev–Trinajstić information content (AvgIpc) is 3.02. The van der Waals surface area contributed by atoms with E-state index in [1.807, 2.05) is 41.8 Å². The Hall–Kier alpha value is -2.68. The topological polar surface area (TPSA) is 56.7 Å². The maximum Gasteiger partial charge on any atom is 0.262 e. The number of benzene rings is 2. The number of nitrogens with zero attached hydrogens (tertiary/aromatic N) is 5. The van der Waals surface area contributed by atoms with Crippen LogP contribution in [0.4, 0.5) is 0 Å². The van der Waals surface area contributed by atoms with Crippen molar-refractivity contribution in [1.29, 1.82) is 0 Å². The zero-order valence-electron chi connectivity index (χ0n) is 16.3. The molecular formula is C20H20ClN5O2S. The average molecular weight is 430 g/mol. The SMILES string of the molecule is COc1ccc(Cl)cc1CN(C)Cn1nc2n(C)c(=O)c3ccccc3n2c1=S. The zero-order valence-corrected chi connectivity index (χ0v) is 17.9. The molecule has 0 saturated heterocycles. The van der Waals surface area contributed by atoms with Crippen LogP contribution in [-0.2, 0) is 20.3 Å². The van der Waals surface area contributed by atoms with Gasteiger partial charge in [-0.15, -0.1) is 5.10 Å². The molecule has 0 aliphatic heterocycles. The summed E-state index contributed by atoms with van der Waals surface area (Å²) < 4.78 is 11.0. The quantitative estimate of drug-likeness (QED) is 0.455. The molecule has 0 N–H and O–H groups in total. The first-order chi connectivity index (χ1) is 13.9. The van der Waals surface area contributed by atoms with Crippen LogP contribution in [0.1, 0.15) is 5.56 Å². The largest absolute Gasteiger partial charge is 0.496 e. The second kappa shape index (κ2) is 7.62. The van der Waals surface area contributed by atoms with E-state index < -0.39 is 0 Å². The molecule has 2 aromatic heterocycles. The Balaban J connectivity index is 1.74. The van der Waals surface area contributed by atoms with Gasteiger partial charge < -0.3 is 4.74 Å². The first-order valence-electron chi connectivity index (χ1n) is 8.99. The summed E-state index contributed by atoms with van der Waals surface area (Å²) in [6.07, 6.45) is 0. The van der Waals surface area contributed by atoms with Crippen LogP contribution in [0.3, 0.4) is 0 Å². The summed E-state index contributed by atoms with van der Waals surface area (Å²) in [7, 11) is 5.30. The Morgan fingerprint density at radius 3 is 2.76 bits per heavy atom. The van der Waals surface area contributed by atoms with E-state index in [0.29, 0.717) is 34.2 Å². The van der Waals surface area contributed by atoms with Crippen LogP contribution in [0.15, 0.2) is 47.3 Å². The third-order valence-corrected chi connectivity index (χ3v) is 5.49. The van der Waals surface area contributed by atoms with E-state index in [1.165, 1.54) is 4.57 Å². The predicted octanol–water partition coefficient (Wildman–Crippen LogP) is 3.47. The van der Waals surface area contributed by atoms with Crippen LogP contribution >= 0.6 is 23.8 Å². The Morgan fingerprint density at radius 2 is 2.00 bits per heavy atom. The predicted molar refractivity (Wildman–Crippen MR) is 116 cm³/mol. The van der Waals surface area contributed by atoms with Crippen molar-refractivity contribution >= 4 is 40.5 Å². The van der Waals surface area contributed by atoms with Crippen molar-refractivity contribution in [1.82, 2.24) is 23.6 Å². The number of methoxy groups -OCH3 is 1. The molecule has 4 rings (SSSR count).